The maximum atomic E-state index is 5.81. The van der Waals surface area contributed by atoms with Gasteiger partial charge >= 0.3 is 0 Å². The molecule has 0 saturated carbocycles. The molecule has 0 bridgehead atoms. The summed E-state index contributed by atoms with van der Waals surface area (Å²) < 4.78 is 0.868. The van der Waals surface area contributed by atoms with Crippen LogP contribution in [0.1, 0.15) is 4.88 Å². The summed E-state index contributed by atoms with van der Waals surface area (Å²) in [7, 11) is 0. The lowest BCUT2D eigenvalue weighted by Gasteiger charge is -2.01. The number of aromatic nitrogens is 2. The Bertz CT molecular complexity index is 443. The highest BCUT2D eigenvalue weighted by Gasteiger charge is 1.99. The standard InChI is InChI=1S/C9H7BrClN3S/c10-6-2-12-9(13-3-6)14-4-8-1-7(11)5-15-8/h1-3,5H,4H2,(H,12,13,14). The molecule has 0 aromatic carbocycles. The van der Waals surface area contributed by atoms with E-state index in [0.29, 0.717) is 12.5 Å². The quantitative estimate of drug-likeness (QED) is 0.942. The SMILES string of the molecule is Clc1csc(CNc2ncc(Br)cn2)c1. The van der Waals surface area contributed by atoms with Crippen molar-refractivity contribution in [3.63, 3.8) is 0 Å². The number of nitrogens with zero attached hydrogens (tertiary/aromatic N) is 2. The van der Waals surface area contributed by atoms with Crippen LogP contribution in [0.15, 0.2) is 28.3 Å². The zero-order valence-electron chi connectivity index (χ0n) is 7.58. The van der Waals surface area contributed by atoms with Gasteiger partial charge in [0.15, 0.2) is 0 Å². The molecule has 0 atom stereocenters. The van der Waals surface area contributed by atoms with E-state index >= 15 is 0 Å². The summed E-state index contributed by atoms with van der Waals surface area (Å²) in [5.41, 5.74) is 0. The lowest BCUT2D eigenvalue weighted by molar-refractivity contribution is 1.06. The van der Waals surface area contributed by atoms with Crippen molar-refractivity contribution in [2.75, 3.05) is 5.32 Å². The van der Waals surface area contributed by atoms with Crippen molar-refractivity contribution in [2.45, 2.75) is 6.54 Å². The van der Waals surface area contributed by atoms with Crippen LogP contribution in [0, 0.1) is 0 Å². The van der Waals surface area contributed by atoms with Crippen LogP contribution in [0.5, 0.6) is 0 Å². The zero-order chi connectivity index (χ0) is 10.7. The smallest absolute Gasteiger partial charge is 0.222 e. The van der Waals surface area contributed by atoms with Gasteiger partial charge in [-0.1, -0.05) is 11.6 Å². The van der Waals surface area contributed by atoms with E-state index in [1.165, 1.54) is 0 Å². The minimum Gasteiger partial charge on any atom is -0.349 e. The normalized spacial score (nSPS) is 10.3. The maximum absolute atomic E-state index is 5.81. The van der Waals surface area contributed by atoms with E-state index in [1.54, 1.807) is 23.7 Å². The number of nitrogens with one attached hydrogen (secondary N) is 1. The molecule has 3 nitrogen and oxygen atoms in total. The molecule has 2 heterocycles. The predicted octanol–water partition coefficient (Wildman–Crippen LogP) is 3.57. The van der Waals surface area contributed by atoms with E-state index in [1.807, 2.05) is 11.4 Å². The first kappa shape index (κ1) is 10.9. The van der Waals surface area contributed by atoms with Gasteiger partial charge in [-0.25, -0.2) is 9.97 Å². The lowest BCUT2D eigenvalue weighted by Crippen LogP contribution is -2.01. The third-order valence-electron chi connectivity index (χ3n) is 1.66. The highest BCUT2D eigenvalue weighted by Crippen LogP contribution is 2.19. The first-order valence-electron chi connectivity index (χ1n) is 4.18. The number of hydrogen-bond acceptors (Lipinski definition) is 4. The topological polar surface area (TPSA) is 37.8 Å². The molecule has 2 aromatic heterocycles. The molecule has 0 amide bonds. The summed E-state index contributed by atoms with van der Waals surface area (Å²) in [6, 6.07) is 1.93. The Hall–Kier alpha value is -0.650. The van der Waals surface area contributed by atoms with Crippen LogP contribution in [-0.4, -0.2) is 9.97 Å². The number of anilines is 1. The zero-order valence-corrected chi connectivity index (χ0v) is 10.7. The van der Waals surface area contributed by atoms with E-state index in [0.717, 1.165) is 14.4 Å². The van der Waals surface area contributed by atoms with Gasteiger partial charge in [0, 0.05) is 22.7 Å². The minimum atomic E-state index is 0.614. The highest BCUT2D eigenvalue weighted by molar-refractivity contribution is 9.10. The molecule has 0 aliphatic carbocycles. The van der Waals surface area contributed by atoms with Gasteiger partial charge in [0.05, 0.1) is 16.0 Å². The van der Waals surface area contributed by atoms with Crippen LogP contribution in [0.3, 0.4) is 0 Å². The predicted molar refractivity (Wildman–Crippen MR) is 66.4 cm³/mol. The molecular formula is C9H7BrClN3S. The molecule has 2 rings (SSSR count). The molecule has 1 N–H and O–H groups in total. The molecule has 0 fully saturated rings. The molecule has 6 heteroatoms. The molecule has 78 valence electrons. The van der Waals surface area contributed by atoms with E-state index < -0.39 is 0 Å². The van der Waals surface area contributed by atoms with E-state index in [-0.39, 0.29) is 0 Å². The van der Waals surface area contributed by atoms with Gasteiger partial charge in [0.2, 0.25) is 5.95 Å². The fourth-order valence-electron chi connectivity index (χ4n) is 1.02. The fraction of sp³-hybridized carbons (Fsp3) is 0.111. The molecule has 0 aliphatic heterocycles. The number of rotatable bonds is 3. The summed E-state index contributed by atoms with van der Waals surface area (Å²) in [5.74, 6) is 0.614. The van der Waals surface area contributed by atoms with Gasteiger partial charge < -0.3 is 5.32 Å². The molecule has 0 saturated heterocycles. The number of thiophene rings is 1. The Morgan fingerprint density at radius 3 is 2.73 bits per heavy atom. The molecule has 0 radical (unpaired) electrons. The largest absolute Gasteiger partial charge is 0.349 e. The number of halogens is 2. The molecule has 0 unspecified atom stereocenters. The Morgan fingerprint density at radius 2 is 2.13 bits per heavy atom. The summed E-state index contributed by atoms with van der Waals surface area (Å²) >= 11 is 10.7. The van der Waals surface area contributed by atoms with Crippen LogP contribution in [0.4, 0.5) is 5.95 Å². The molecule has 2 aromatic rings. The summed E-state index contributed by atoms with van der Waals surface area (Å²) in [6.45, 7) is 0.693. The van der Waals surface area contributed by atoms with Gasteiger partial charge in [-0.2, -0.15) is 0 Å². The summed E-state index contributed by atoms with van der Waals surface area (Å²) in [4.78, 5) is 9.36. The molecular weight excluding hydrogens is 298 g/mol. The van der Waals surface area contributed by atoms with Crippen LogP contribution in [0.25, 0.3) is 0 Å². The van der Waals surface area contributed by atoms with Crippen molar-refractivity contribution in [3.05, 3.63) is 38.2 Å². The Kier molecular flexibility index (Phi) is 3.56. The molecule has 0 spiro atoms. The fourth-order valence-corrected chi connectivity index (χ4v) is 2.23. The van der Waals surface area contributed by atoms with Gasteiger partial charge in [0.1, 0.15) is 0 Å². The Balaban J connectivity index is 1.96. The van der Waals surface area contributed by atoms with Crippen molar-refractivity contribution >= 4 is 44.8 Å². The number of hydrogen-bond donors (Lipinski definition) is 1. The molecule has 0 aliphatic rings. The maximum Gasteiger partial charge on any atom is 0.222 e. The van der Waals surface area contributed by atoms with E-state index in [9.17, 15) is 0 Å². The lowest BCUT2D eigenvalue weighted by atomic mass is 10.4. The first-order valence-corrected chi connectivity index (χ1v) is 6.23. The third kappa shape index (κ3) is 3.15. The van der Waals surface area contributed by atoms with E-state index in [4.69, 9.17) is 11.6 Å². The second-order valence-electron chi connectivity index (χ2n) is 2.81. The van der Waals surface area contributed by atoms with Crippen molar-refractivity contribution in [2.24, 2.45) is 0 Å². The minimum absolute atomic E-state index is 0.614. The molecule has 15 heavy (non-hydrogen) atoms. The van der Waals surface area contributed by atoms with Crippen molar-refractivity contribution < 1.29 is 0 Å². The van der Waals surface area contributed by atoms with Crippen molar-refractivity contribution in [1.29, 1.82) is 0 Å². The van der Waals surface area contributed by atoms with E-state index in [2.05, 4.69) is 31.2 Å². The van der Waals surface area contributed by atoms with Crippen LogP contribution >= 0.6 is 38.9 Å². The van der Waals surface area contributed by atoms with Gasteiger partial charge in [0.25, 0.3) is 0 Å². The van der Waals surface area contributed by atoms with Gasteiger partial charge in [-0.3, -0.25) is 0 Å². The monoisotopic (exact) mass is 303 g/mol. The highest BCUT2D eigenvalue weighted by atomic mass is 79.9. The first-order chi connectivity index (χ1) is 7.24. The average Bonchev–Trinajstić information content (AvgIpc) is 2.64. The van der Waals surface area contributed by atoms with Crippen LogP contribution in [0.2, 0.25) is 5.02 Å². The average molecular weight is 305 g/mol. The Labute approximate surface area is 105 Å². The van der Waals surface area contributed by atoms with Gasteiger partial charge in [-0.15, -0.1) is 11.3 Å². The second-order valence-corrected chi connectivity index (χ2v) is 5.16. The van der Waals surface area contributed by atoms with Crippen molar-refractivity contribution in [1.82, 2.24) is 9.97 Å². The third-order valence-corrected chi connectivity index (χ3v) is 3.36. The summed E-state index contributed by atoms with van der Waals surface area (Å²) in [5, 5.41) is 5.79. The van der Waals surface area contributed by atoms with Crippen LogP contribution < -0.4 is 5.32 Å². The van der Waals surface area contributed by atoms with Crippen molar-refractivity contribution in [3.8, 4) is 0 Å². The Morgan fingerprint density at radius 1 is 1.40 bits per heavy atom. The second kappa shape index (κ2) is 4.92. The van der Waals surface area contributed by atoms with Crippen LogP contribution in [-0.2, 0) is 6.54 Å². The van der Waals surface area contributed by atoms with Gasteiger partial charge in [-0.05, 0) is 22.0 Å². The summed E-state index contributed by atoms with van der Waals surface area (Å²) in [6.07, 6.45) is 3.41.